The van der Waals surface area contributed by atoms with E-state index < -0.39 is 0 Å². The molecular formula is C7H12N3O3+. The lowest BCUT2D eigenvalue weighted by Crippen LogP contribution is -2.73. The average molecular weight is 186 g/mol. The summed E-state index contributed by atoms with van der Waals surface area (Å²) in [5, 5.41) is 12.8. The van der Waals surface area contributed by atoms with Gasteiger partial charge in [0.2, 0.25) is 5.69 Å². The first kappa shape index (κ1) is 8.49. The highest BCUT2D eigenvalue weighted by Gasteiger charge is 2.24. The van der Waals surface area contributed by atoms with E-state index >= 15 is 0 Å². The molecule has 1 aliphatic heterocycles. The SMILES string of the molecule is Cn1ncc([NH2+]O)c1OC1COC1. The Balaban J connectivity index is 2.11. The maximum atomic E-state index is 8.85. The van der Waals surface area contributed by atoms with E-state index in [9.17, 15) is 0 Å². The van der Waals surface area contributed by atoms with Crippen molar-refractivity contribution >= 4 is 5.69 Å². The number of hydrogen-bond acceptors (Lipinski definition) is 4. The summed E-state index contributed by atoms with van der Waals surface area (Å²) in [5.74, 6) is 0.579. The lowest BCUT2D eigenvalue weighted by molar-refractivity contribution is -0.826. The van der Waals surface area contributed by atoms with E-state index in [0.29, 0.717) is 24.8 Å². The monoisotopic (exact) mass is 186 g/mol. The number of aryl methyl sites for hydroxylation is 1. The molecule has 0 unspecified atom stereocenters. The first-order chi connectivity index (χ1) is 6.31. The van der Waals surface area contributed by atoms with E-state index in [1.807, 2.05) is 0 Å². The predicted molar refractivity (Wildman–Crippen MR) is 41.8 cm³/mol. The molecule has 0 radical (unpaired) electrons. The zero-order valence-corrected chi connectivity index (χ0v) is 7.30. The molecule has 6 heteroatoms. The van der Waals surface area contributed by atoms with Gasteiger partial charge >= 0.3 is 0 Å². The zero-order chi connectivity index (χ0) is 9.26. The van der Waals surface area contributed by atoms with Crippen LogP contribution in [0.25, 0.3) is 0 Å². The third-order valence-electron chi connectivity index (χ3n) is 1.94. The molecule has 2 heterocycles. The Bertz CT molecular complexity index is 295. The number of nitrogens with zero attached hydrogens (tertiary/aromatic N) is 2. The highest BCUT2D eigenvalue weighted by molar-refractivity contribution is 5.37. The molecular weight excluding hydrogens is 174 g/mol. The van der Waals surface area contributed by atoms with E-state index in [4.69, 9.17) is 14.7 Å². The van der Waals surface area contributed by atoms with Crippen LogP contribution in [0.4, 0.5) is 5.69 Å². The van der Waals surface area contributed by atoms with Crippen LogP contribution in [0.3, 0.4) is 0 Å². The molecule has 72 valence electrons. The Morgan fingerprint density at radius 1 is 1.77 bits per heavy atom. The lowest BCUT2D eigenvalue weighted by Gasteiger charge is -2.26. The number of aromatic nitrogens is 2. The normalized spacial score (nSPS) is 17.1. The smallest absolute Gasteiger partial charge is 0.278 e. The van der Waals surface area contributed by atoms with Gasteiger partial charge in [0.15, 0.2) is 0 Å². The quantitative estimate of drug-likeness (QED) is 0.580. The molecule has 1 saturated heterocycles. The van der Waals surface area contributed by atoms with Crippen LogP contribution in [0.1, 0.15) is 0 Å². The van der Waals surface area contributed by atoms with Gasteiger partial charge in [0, 0.05) is 7.05 Å². The van der Waals surface area contributed by atoms with Crippen molar-refractivity contribution in [3.8, 4) is 5.88 Å². The summed E-state index contributed by atoms with van der Waals surface area (Å²) < 4.78 is 12.1. The third-order valence-corrected chi connectivity index (χ3v) is 1.94. The largest absolute Gasteiger partial charge is 0.465 e. The molecule has 0 aromatic carbocycles. The molecule has 1 aromatic heterocycles. The Kier molecular flexibility index (Phi) is 2.17. The van der Waals surface area contributed by atoms with Crippen LogP contribution in [-0.2, 0) is 11.8 Å². The van der Waals surface area contributed by atoms with Gasteiger partial charge in [-0.1, -0.05) is 0 Å². The zero-order valence-electron chi connectivity index (χ0n) is 7.30. The van der Waals surface area contributed by atoms with E-state index in [0.717, 1.165) is 5.48 Å². The van der Waals surface area contributed by atoms with Gasteiger partial charge in [-0.05, 0) is 0 Å². The van der Waals surface area contributed by atoms with Crippen LogP contribution in [0.15, 0.2) is 6.20 Å². The van der Waals surface area contributed by atoms with E-state index in [1.54, 1.807) is 17.9 Å². The van der Waals surface area contributed by atoms with Gasteiger partial charge < -0.3 is 9.47 Å². The Labute approximate surface area is 75.0 Å². The molecule has 3 N–H and O–H groups in total. The first-order valence-electron chi connectivity index (χ1n) is 4.05. The average Bonchev–Trinajstić information content (AvgIpc) is 2.39. The van der Waals surface area contributed by atoms with Crippen molar-refractivity contribution in [1.29, 1.82) is 0 Å². The van der Waals surface area contributed by atoms with Crippen LogP contribution >= 0.6 is 0 Å². The van der Waals surface area contributed by atoms with E-state index in [1.165, 1.54) is 0 Å². The second-order valence-corrected chi connectivity index (χ2v) is 2.94. The summed E-state index contributed by atoms with van der Waals surface area (Å²) >= 11 is 0. The van der Waals surface area contributed by atoms with Crippen molar-refractivity contribution < 1.29 is 20.2 Å². The fourth-order valence-corrected chi connectivity index (χ4v) is 1.12. The predicted octanol–water partition coefficient (Wildman–Crippen LogP) is -1.22. The van der Waals surface area contributed by atoms with Crippen LogP contribution < -0.4 is 10.2 Å². The number of rotatable bonds is 3. The van der Waals surface area contributed by atoms with Crippen molar-refractivity contribution in [1.82, 2.24) is 9.78 Å². The molecule has 1 aromatic rings. The summed E-state index contributed by atoms with van der Waals surface area (Å²) in [5.41, 5.74) is 1.58. The van der Waals surface area contributed by atoms with Crippen LogP contribution in [-0.4, -0.2) is 34.3 Å². The molecule has 0 spiro atoms. The molecule has 2 rings (SSSR count). The highest BCUT2D eigenvalue weighted by atomic mass is 16.6. The molecule has 0 atom stereocenters. The van der Waals surface area contributed by atoms with Gasteiger partial charge in [-0.15, -0.1) is 0 Å². The number of nitrogens with two attached hydrogens (primary N) is 1. The van der Waals surface area contributed by atoms with Crippen molar-refractivity contribution in [2.45, 2.75) is 6.10 Å². The third kappa shape index (κ3) is 1.51. The lowest BCUT2D eigenvalue weighted by atomic mass is 10.3. The Morgan fingerprint density at radius 2 is 2.54 bits per heavy atom. The highest BCUT2D eigenvalue weighted by Crippen LogP contribution is 2.21. The number of quaternary nitrogens is 1. The summed E-state index contributed by atoms with van der Waals surface area (Å²) in [6.45, 7) is 1.21. The van der Waals surface area contributed by atoms with Crippen LogP contribution in [0.2, 0.25) is 0 Å². The maximum absolute atomic E-state index is 8.85. The molecule has 0 aliphatic carbocycles. The molecule has 0 bridgehead atoms. The fourth-order valence-electron chi connectivity index (χ4n) is 1.12. The standard InChI is InChI=1S/C7H11N3O3/c1-10-7(6(9-11)2-8-10)13-5-3-12-4-5/h2,5,9,11H,3-4H2,1H3/p+1. The molecule has 0 amide bonds. The van der Waals surface area contributed by atoms with Gasteiger partial charge in [-0.3, -0.25) is 0 Å². The van der Waals surface area contributed by atoms with Crippen molar-refractivity contribution in [3.63, 3.8) is 0 Å². The molecule has 13 heavy (non-hydrogen) atoms. The number of hydrogen-bond donors (Lipinski definition) is 2. The summed E-state index contributed by atoms with van der Waals surface area (Å²) in [6.07, 6.45) is 1.64. The maximum Gasteiger partial charge on any atom is 0.278 e. The fraction of sp³-hybridized carbons (Fsp3) is 0.571. The number of ether oxygens (including phenoxy) is 2. The van der Waals surface area contributed by atoms with E-state index in [2.05, 4.69) is 5.10 Å². The first-order valence-corrected chi connectivity index (χ1v) is 4.05. The second kappa shape index (κ2) is 3.33. The molecule has 6 nitrogen and oxygen atoms in total. The van der Waals surface area contributed by atoms with Gasteiger partial charge in [0.1, 0.15) is 12.3 Å². The second-order valence-electron chi connectivity index (χ2n) is 2.94. The minimum atomic E-state index is 0.0918. The molecule has 0 saturated carbocycles. The van der Waals surface area contributed by atoms with Gasteiger partial charge in [-0.25, -0.2) is 9.89 Å². The van der Waals surface area contributed by atoms with E-state index in [-0.39, 0.29) is 6.10 Å². The van der Waals surface area contributed by atoms with Crippen LogP contribution in [0.5, 0.6) is 5.88 Å². The minimum absolute atomic E-state index is 0.0918. The van der Waals surface area contributed by atoms with Gasteiger partial charge in [0.05, 0.1) is 13.2 Å². The van der Waals surface area contributed by atoms with Gasteiger partial charge in [0.25, 0.3) is 5.88 Å². The van der Waals surface area contributed by atoms with Gasteiger partial charge in [-0.2, -0.15) is 10.6 Å². The summed E-state index contributed by atoms with van der Waals surface area (Å²) in [6, 6.07) is 0. The summed E-state index contributed by atoms with van der Waals surface area (Å²) in [7, 11) is 1.77. The Morgan fingerprint density at radius 3 is 3.08 bits per heavy atom. The topological polar surface area (TPSA) is 73.1 Å². The Hall–Kier alpha value is -1.11. The van der Waals surface area contributed by atoms with Crippen LogP contribution in [0, 0.1) is 0 Å². The van der Waals surface area contributed by atoms with Crippen molar-refractivity contribution in [2.75, 3.05) is 13.2 Å². The molecule has 1 aliphatic rings. The van der Waals surface area contributed by atoms with Crippen molar-refractivity contribution in [2.24, 2.45) is 7.05 Å². The molecule has 1 fully saturated rings. The van der Waals surface area contributed by atoms with Crippen molar-refractivity contribution in [3.05, 3.63) is 6.20 Å². The summed E-state index contributed by atoms with van der Waals surface area (Å²) in [4.78, 5) is 0. The minimum Gasteiger partial charge on any atom is -0.465 e.